The van der Waals surface area contributed by atoms with Crippen LogP contribution in [0.3, 0.4) is 0 Å². The van der Waals surface area contributed by atoms with E-state index >= 15 is 0 Å². The highest BCUT2D eigenvalue weighted by Gasteiger charge is 2.52. The van der Waals surface area contributed by atoms with Crippen LogP contribution in [0.5, 0.6) is 0 Å². The van der Waals surface area contributed by atoms with Gasteiger partial charge in [-0.2, -0.15) is 0 Å². The molecular weight excluding hydrogens is 617 g/mol. The molecule has 12 rings (SSSR count). The molecule has 10 aromatic rings. The third kappa shape index (κ3) is 3.28. The summed E-state index contributed by atoms with van der Waals surface area (Å²) in [6.45, 7) is 0. The van der Waals surface area contributed by atoms with Crippen LogP contribution in [-0.4, -0.2) is 9.55 Å². The number of H-pyrrole nitrogens is 1. The third-order valence-corrected chi connectivity index (χ3v) is 11.8. The molecule has 2 nitrogen and oxygen atoms in total. The predicted molar refractivity (Wildman–Crippen MR) is 212 cm³/mol. The van der Waals surface area contributed by atoms with Crippen molar-refractivity contribution in [3.8, 4) is 39.1 Å². The minimum absolute atomic E-state index is 0.461. The monoisotopic (exact) mass is 646 g/mol. The third-order valence-electron chi connectivity index (χ3n) is 11.8. The quantitative estimate of drug-likeness (QED) is 0.193. The van der Waals surface area contributed by atoms with Crippen molar-refractivity contribution in [3.63, 3.8) is 0 Å². The van der Waals surface area contributed by atoms with Crippen molar-refractivity contribution in [1.29, 1.82) is 0 Å². The maximum Gasteiger partial charge on any atom is 0.0726 e. The van der Waals surface area contributed by atoms with Crippen LogP contribution < -0.4 is 0 Å². The van der Waals surface area contributed by atoms with Crippen molar-refractivity contribution in [2.45, 2.75) is 5.41 Å². The molecule has 2 heterocycles. The van der Waals surface area contributed by atoms with Crippen LogP contribution in [-0.2, 0) is 5.41 Å². The summed E-state index contributed by atoms with van der Waals surface area (Å²) in [5.74, 6) is 0. The minimum atomic E-state index is -0.461. The zero-order chi connectivity index (χ0) is 33.3. The molecule has 0 saturated carbocycles. The lowest BCUT2D eigenvalue weighted by atomic mass is 9.70. The number of aromatic nitrogens is 2. The van der Waals surface area contributed by atoms with E-state index in [2.05, 4.69) is 185 Å². The maximum absolute atomic E-state index is 3.80. The normalized spacial score (nSPS) is 15.5. The molecule has 0 radical (unpaired) electrons. The number of para-hydroxylation sites is 4. The summed E-state index contributed by atoms with van der Waals surface area (Å²) >= 11 is 0. The second-order valence-corrected chi connectivity index (χ2v) is 14.0. The minimum Gasteiger partial charge on any atom is -0.354 e. The summed E-state index contributed by atoms with van der Waals surface area (Å²) in [5, 5.41) is 5.07. The molecule has 0 fully saturated rings. The lowest BCUT2D eigenvalue weighted by Crippen LogP contribution is -2.25. The number of nitrogens with zero attached hydrogens (tertiary/aromatic N) is 1. The van der Waals surface area contributed by atoms with Crippen molar-refractivity contribution < 1.29 is 0 Å². The van der Waals surface area contributed by atoms with Gasteiger partial charge in [-0.3, -0.25) is 0 Å². The van der Waals surface area contributed by atoms with E-state index in [1.54, 1.807) is 0 Å². The van der Waals surface area contributed by atoms with Crippen LogP contribution in [0.15, 0.2) is 176 Å². The molecular formula is C49H30N2. The van der Waals surface area contributed by atoms with E-state index in [0.29, 0.717) is 0 Å². The van der Waals surface area contributed by atoms with Gasteiger partial charge in [0, 0.05) is 38.2 Å². The zero-order valence-electron chi connectivity index (χ0n) is 27.7. The molecule has 0 aliphatic heterocycles. The second-order valence-electron chi connectivity index (χ2n) is 14.0. The zero-order valence-corrected chi connectivity index (χ0v) is 27.7. The van der Waals surface area contributed by atoms with Gasteiger partial charge in [-0.05, 0) is 68.8 Å². The van der Waals surface area contributed by atoms with E-state index in [1.165, 1.54) is 105 Å². The average Bonchev–Trinajstić information content (AvgIpc) is 3.92. The van der Waals surface area contributed by atoms with E-state index in [-0.39, 0.29) is 0 Å². The van der Waals surface area contributed by atoms with Crippen molar-refractivity contribution in [1.82, 2.24) is 9.55 Å². The SMILES string of the molecule is c1ccc2c(c1)-c1c(-c3cccc4c3[nH]c3ccccc34)cccc1C21c2ccccc2-c2c(-n3c4ccccc4c4ccccc43)cccc21. The average molecular weight is 647 g/mol. The molecule has 0 bridgehead atoms. The molecule has 236 valence electrons. The molecule has 0 amide bonds. The summed E-state index contributed by atoms with van der Waals surface area (Å²) in [6, 6.07) is 65.4. The summed E-state index contributed by atoms with van der Waals surface area (Å²) in [4.78, 5) is 3.80. The van der Waals surface area contributed by atoms with E-state index in [1.807, 2.05) is 0 Å². The van der Waals surface area contributed by atoms with Gasteiger partial charge in [0.15, 0.2) is 0 Å². The molecule has 51 heavy (non-hydrogen) atoms. The topological polar surface area (TPSA) is 20.7 Å². The van der Waals surface area contributed by atoms with Gasteiger partial charge in [0.1, 0.15) is 0 Å². The largest absolute Gasteiger partial charge is 0.354 e. The first-order valence-electron chi connectivity index (χ1n) is 17.8. The molecule has 1 spiro atoms. The second kappa shape index (κ2) is 9.74. The highest BCUT2D eigenvalue weighted by atomic mass is 15.0. The van der Waals surface area contributed by atoms with Crippen molar-refractivity contribution in [2.75, 3.05) is 0 Å². The summed E-state index contributed by atoms with van der Waals surface area (Å²) in [6.07, 6.45) is 0. The number of hydrogen-bond acceptors (Lipinski definition) is 0. The van der Waals surface area contributed by atoms with E-state index in [0.717, 1.165) is 0 Å². The Hall–Kier alpha value is -6.64. The van der Waals surface area contributed by atoms with Crippen LogP contribution in [0.25, 0.3) is 82.7 Å². The molecule has 2 aromatic heterocycles. The molecule has 1 atom stereocenters. The molecule has 1 N–H and O–H groups in total. The Kier molecular flexibility index (Phi) is 5.20. The van der Waals surface area contributed by atoms with Crippen LogP contribution >= 0.6 is 0 Å². The van der Waals surface area contributed by atoms with E-state index < -0.39 is 5.41 Å². The molecule has 2 aliphatic rings. The fourth-order valence-electron chi connectivity index (χ4n) is 9.91. The molecule has 2 aliphatic carbocycles. The van der Waals surface area contributed by atoms with Gasteiger partial charge in [-0.25, -0.2) is 0 Å². The number of fused-ring (bicyclic) bond motifs is 16. The van der Waals surface area contributed by atoms with Gasteiger partial charge < -0.3 is 9.55 Å². The molecule has 1 unspecified atom stereocenters. The van der Waals surface area contributed by atoms with Crippen molar-refractivity contribution >= 4 is 43.6 Å². The Bertz CT molecular complexity index is 3050. The molecule has 2 heteroatoms. The molecule has 0 saturated heterocycles. The summed E-state index contributed by atoms with van der Waals surface area (Å²) < 4.78 is 2.49. The highest BCUT2D eigenvalue weighted by Crippen LogP contribution is 2.65. The number of benzene rings is 8. The van der Waals surface area contributed by atoms with Gasteiger partial charge in [-0.15, -0.1) is 0 Å². The van der Waals surface area contributed by atoms with Gasteiger partial charge >= 0.3 is 0 Å². The lowest BCUT2D eigenvalue weighted by molar-refractivity contribution is 0.793. The summed E-state index contributed by atoms with van der Waals surface area (Å²) in [7, 11) is 0. The number of hydrogen-bond donors (Lipinski definition) is 1. The Morgan fingerprint density at radius 3 is 1.59 bits per heavy atom. The van der Waals surface area contributed by atoms with Gasteiger partial charge in [0.2, 0.25) is 0 Å². The number of nitrogens with one attached hydrogen (secondary N) is 1. The fourth-order valence-corrected chi connectivity index (χ4v) is 9.91. The fraction of sp³-hybridized carbons (Fsp3) is 0.0204. The lowest BCUT2D eigenvalue weighted by Gasteiger charge is -2.30. The number of aromatic amines is 1. The van der Waals surface area contributed by atoms with Crippen molar-refractivity contribution in [3.05, 3.63) is 198 Å². The Morgan fingerprint density at radius 2 is 0.843 bits per heavy atom. The number of rotatable bonds is 2. The highest BCUT2D eigenvalue weighted by molar-refractivity contribution is 6.14. The van der Waals surface area contributed by atoms with Gasteiger partial charge in [0.25, 0.3) is 0 Å². The van der Waals surface area contributed by atoms with Crippen LogP contribution in [0, 0.1) is 0 Å². The Morgan fingerprint density at radius 1 is 0.353 bits per heavy atom. The van der Waals surface area contributed by atoms with Gasteiger partial charge in [-0.1, -0.05) is 152 Å². The molecule has 8 aromatic carbocycles. The smallest absolute Gasteiger partial charge is 0.0726 e. The van der Waals surface area contributed by atoms with E-state index in [9.17, 15) is 0 Å². The Labute approximate surface area is 294 Å². The van der Waals surface area contributed by atoms with Crippen LogP contribution in [0.2, 0.25) is 0 Å². The van der Waals surface area contributed by atoms with E-state index in [4.69, 9.17) is 0 Å². The van der Waals surface area contributed by atoms with Gasteiger partial charge in [0.05, 0.1) is 27.7 Å². The van der Waals surface area contributed by atoms with Crippen LogP contribution in [0.4, 0.5) is 0 Å². The predicted octanol–water partition coefficient (Wildman–Crippen LogP) is 12.4. The Balaban J connectivity index is 1.21. The van der Waals surface area contributed by atoms with Crippen LogP contribution in [0.1, 0.15) is 22.3 Å². The first-order chi connectivity index (χ1) is 25.3. The van der Waals surface area contributed by atoms with Crippen molar-refractivity contribution in [2.24, 2.45) is 0 Å². The summed E-state index contributed by atoms with van der Waals surface area (Å²) in [5.41, 5.74) is 18.7. The standard InChI is InChI=1S/C49H30N2/c1-6-22-38-36(17-1)46-33(35-21-11-20-34-30-14-3-8-26-42(30)50-48(34)35)19-12-24-40(46)49(38)39-23-7-2-18-37(39)47-41(49)25-13-29-45(47)51-43-27-9-4-15-31(43)32-16-5-10-28-44(32)51/h1-29,50H. The first-order valence-corrected chi connectivity index (χ1v) is 17.8. The first kappa shape index (κ1) is 27.2. The maximum atomic E-state index is 3.80.